The summed E-state index contributed by atoms with van der Waals surface area (Å²) in [5.74, 6) is 1.62. The van der Waals surface area contributed by atoms with E-state index in [0.717, 1.165) is 35.8 Å². The maximum atomic E-state index is 12.0. The quantitative estimate of drug-likeness (QED) is 0.816. The molecule has 22 heavy (non-hydrogen) atoms. The molecule has 1 amide bonds. The van der Waals surface area contributed by atoms with Gasteiger partial charge >= 0.3 is 0 Å². The largest absolute Gasteiger partial charge is 0.352 e. The SMILES string of the molecule is Cc1nc(N2CCN(C(=O)[C@@H](C)N)CC2)c2cnn(C)c2n1. The lowest BCUT2D eigenvalue weighted by atomic mass is 10.2. The molecule has 2 aromatic heterocycles. The molecule has 0 aliphatic carbocycles. The second kappa shape index (κ2) is 5.53. The fourth-order valence-corrected chi connectivity index (χ4v) is 2.78. The molecule has 2 N–H and O–H groups in total. The third kappa shape index (κ3) is 2.50. The summed E-state index contributed by atoms with van der Waals surface area (Å²) >= 11 is 0. The Labute approximate surface area is 128 Å². The molecule has 3 heterocycles. The predicted molar refractivity (Wildman–Crippen MR) is 83.5 cm³/mol. The molecule has 0 unspecified atom stereocenters. The van der Waals surface area contributed by atoms with E-state index in [1.807, 2.05) is 18.9 Å². The summed E-state index contributed by atoms with van der Waals surface area (Å²) in [4.78, 5) is 25.0. The summed E-state index contributed by atoms with van der Waals surface area (Å²) in [6, 6.07) is -0.446. The Morgan fingerprint density at radius 2 is 1.95 bits per heavy atom. The molecule has 1 aliphatic heterocycles. The van der Waals surface area contributed by atoms with Gasteiger partial charge in [-0.2, -0.15) is 5.10 Å². The number of aryl methyl sites for hydroxylation is 2. The molecule has 1 aliphatic rings. The highest BCUT2D eigenvalue weighted by Gasteiger charge is 2.25. The summed E-state index contributed by atoms with van der Waals surface area (Å²) in [6.07, 6.45) is 1.80. The summed E-state index contributed by atoms with van der Waals surface area (Å²) in [7, 11) is 1.87. The number of nitrogens with two attached hydrogens (primary N) is 1. The van der Waals surface area contributed by atoms with Crippen LogP contribution >= 0.6 is 0 Å². The highest BCUT2D eigenvalue weighted by Crippen LogP contribution is 2.24. The minimum absolute atomic E-state index is 0.00467. The van der Waals surface area contributed by atoms with Crippen molar-refractivity contribution in [2.45, 2.75) is 19.9 Å². The number of nitrogens with zero attached hydrogens (tertiary/aromatic N) is 6. The van der Waals surface area contributed by atoms with Gasteiger partial charge in [0.25, 0.3) is 0 Å². The molecular weight excluding hydrogens is 282 g/mol. The highest BCUT2D eigenvalue weighted by atomic mass is 16.2. The van der Waals surface area contributed by atoms with E-state index in [2.05, 4.69) is 20.0 Å². The van der Waals surface area contributed by atoms with Crippen molar-refractivity contribution < 1.29 is 4.79 Å². The summed E-state index contributed by atoms with van der Waals surface area (Å²) < 4.78 is 1.75. The van der Waals surface area contributed by atoms with E-state index in [1.54, 1.807) is 17.8 Å². The molecule has 0 spiro atoms. The number of rotatable bonds is 2. The first kappa shape index (κ1) is 14.7. The van der Waals surface area contributed by atoms with Crippen molar-refractivity contribution >= 4 is 22.8 Å². The van der Waals surface area contributed by atoms with Gasteiger partial charge in [0.1, 0.15) is 11.6 Å². The van der Waals surface area contributed by atoms with E-state index >= 15 is 0 Å². The maximum Gasteiger partial charge on any atom is 0.239 e. The zero-order valence-electron chi connectivity index (χ0n) is 13.2. The van der Waals surface area contributed by atoms with Crippen molar-refractivity contribution in [1.29, 1.82) is 0 Å². The van der Waals surface area contributed by atoms with E-state index < -0.39 is 6.04 Å². The second-order valence-electron chi connectivity index (χ2n) is 5.70. The Hall–Kier alpha value is -2.22. The molecule has 1 saturated heterocycles. The van der Waals surface area contributed by atoms with E-state index in [-0.39, 0.29) is 5.91 Å². The number of amides is 1. The van der Waals surface area contributed by atoms with Gasteiger partial charge in [-0.3, -0.25) is 9.48 Å². The van der Waals surface area contributed by atoms with E-state index in [9.17, 15) is 4.79 Å². The predicted octanol–water partition coefficient (Wildman–Crippen LogP) is -0.332. The van der Waals surface area contributed by atoms with Crippen LogP contribution in [0.25, 0.3) is 11.0 Å². The van der Waals surface area contributed by atoms with Crippen molar-refractivity contribution in [2.75, 3.05) is 31.1 Å². The summed E-state index contributed by atoms with van der Waals surface area (Å²) in [6.45, 7) is 6.39. The van der Waals surface area contributed by atoms with Crippen LogP contribution in [0, 0.1) is 6.92 Å². The lowest BCUT2D eigenvalue weighted by Crippen LogP contribution is -2.52. The molecule has 2 aromatic rings. The van der Waals surface area contributed by atoms with Gasteiger partial charge in [0.15, 0.2) is 5.65 Å². The number of anilines is 1. The van der Waals surface area contributed by atoms with Gasteiger partial charge in [-0.1, -0.05) is 0 Å². The van der Waals surface area contributed by atoms with Gasteiger partial charge in [0.05, 0.1) is 17.6 Å². The fraction of sp³-hybridized carbons (Fsp3) is 0.571. The van der Waals surface area contributed by atoms with Crippen LogP contribution in [0.2, 0.25) is 0 Å². The molecule has 8 nitrogen and oxygen atoms in total. The minimum atomic E-state index is -0.446. The van der Waals surface area contributed by atoms with Gasteiger partial charge in [-0.05, 0) is 13.8 Å². The molecule has 1 fully saturated rings. The molecule has 0 bridgehead atoms. The van der Waals surface area contributed by atoms with Crippen LogP contribution in [0.1, 0.15) is 12.7 Å². The van der Waals surface area contributed by atoms with Gasteiger partial charge in [-0.15, -0.1) is 0 Å². The van der Waals surface area contributed by atoms with E-state index in [1.165, 1.54) is 0 Å². The Morgan fingerprint density at radius 1 is 1.27 bits per heavy atom. The molecule has 0 radical (unpaired) electrons. The van der Waals surface area contributed by atoms with Crippen molar-refractivity contribution in [2.24, 2.45) is 12.8 Å². The van der Waals surface area contributed by atoms with Crippen molar-refractivity contribution in [1.82, 2.24) is 24.6 Å². The van der Waals surface area contributed by atoms with E-state index in [0.29, 0.717) is 13.1 Å². The van der Waals surface area contributed by atoms with Gasteiger partial charge in [0, 0.05) is 33.2 Å². The zero-order chi connectivity index (χ0) is 15.9. The number of carbonyl (C=O) groups excluding carboxylic acids is 1. The number of aromatic nitrogens is 4. The number of fused-ring (bicyclic) bond motifs is 1. The first-order chi connectivity index (χ1) is 10.5. The Balaban J connectivity index is 1.84. The van der Waals surface area contributed by atoms with Gasteiger partial charge in [-0.25, -0.2) is 9.97 Å². The topological polar surface area (TPSA) is 93.2 Å². The number of hydrogen-bond acceptors (Lipinski definition) is 6. The summed E-state index contributed by atoms with van der Waals surface area (Å²) in [5, 5.41) is 5.21. The fourth-order valence-electron chi connectivity index (χ4n) is 2.78. The first-order valence-corrected chi connectivity index (χ1v) is 7.43. The van der Waals surface area contributed by atoms with Crippen LogP contribution in [-0.2, 0) is 11.8 Å². The van der Waals surface area contributed by atoms with Crippen molar-refractivity contribution in [3.8, 4) is 0 Å². The Kier molecular flexibility index (Phi) is 3.69. The van der Waals surface area contributed by atoms with Crippen LogP contribution in [-0.4, -0.2) is 62.8 Å². The van der Waals surface area contributed by atoms with Crippen molar-refractivity contribution in [3.63, 3.8) is 0 Å². The average molecular weight is 303 g/mol. The molecule has 3 rings (SSSR count). The smallest absolute Gasteiger partial charge is 0.239 e. The van der Waals surface area contributed by atoms with Gasteiger partial charge < -0.3 is 15.5 Å². The second-order valence-corrected chi connectivity index (χ2v) is 5.70. The van der Waals surface area contributed by atoms with Crippen LogP contribution in [0.4, 0.5) is 5.82 Å². The lowest BCUT2D eigenvalue weighted by Gasteiger charge is -2.36. The van der Waals surface area contributed by atoms with Crippen LogP contribution in [0.5, 0.6) is 0 Å². The molecular formula is C14H21N7O. The van der Waals surface area contributed by atoms with Crippen molar-refractivity contribution in [3.05, 3.63) is 12.0 Å². The first-order valence-electron chi connectivity index (χ1n) is 7.43. The summed E-state index contributed by atoms with van der Waals surface area (Å²) in [5.41, 5.74) is 6.50. The third-order valence-corrected chi connectivity index (χ3v) is 3.96. The minimum Gasteiger partial charge on any atom is -0.352 e. The number of carbonyl (C=O) groups is 1. The third-order valence-electron chi connectivity index (χ3n) is 3.96. The average Bonchev–Trinajstić information content (AvgIpc) is 2.87. The Morgan fingerprint density at radius 3 is 2.59 bits per heavy atom. The van der Waals surface area contributed by atoms with E-state index in [4.69, 9.17) is 5.73 Å². The van der Waals surface area contributed by atoms with Crippen LogP contribution < -0.4 is 10.6 Å². The number of piperazine rings is 1. The van der Waals surface area contributed by atoms with Crippen LogP contribution in [0.15, 0.2) is 6.20 Å². The number of hydrogen-bond donors (Lipinski definition) is 1. The molecule has 118 valence electrons. The van der Waals surface area contributed by atoms with Crippen LogP contribution in [0.3, 0.4) is 0 Å². The lowest BCUT2D eigenvalue weighted by molar-refractivity contribution is -0.132. The Bertz CT molecular complexity index is 701. The maximum absolute atomic E-state index is 12.0. The molecule has 1 atom stereocenters. The van der Waals surface area contributed by atoms with Gasteiger partial charge in [0.2, 0.25) is 5.91 Å². The monoisotopic (exact) mass is 303 g/mol. The highest BCUT2D eigenvalue weighted by molar-refractivity contribution is 5.87. The molecule has 8 heteroatoms. The normalized spacial score (nSPS) is 17.1. The standard InChI is InChI=1S/C14H21N7O/c1-9(15)14(22)21-6-4-20(5-7-21)13-11-8-16-19(3)12(11)17-10(2)18-13/h8-9H,4-7,15H2,1-3H3/t9-/m1/s1. The molecule has 0 saturated carbocycles. The molecule has 0 aromatic carbocycles. The zero-order valence-corrected chi connectivity index (χ0v) is 13.2.